The molecule has 0 spiro atoms. The topological polar surface area (TPSA) is 62.2 Å². The van der Waals surface area contributed by atoms with Gasteiger partial charge in [-0.25, -0.2) is 4.79 Å². The number of halogens is 1. The summed E-state index contributed by atoms with van der Waals surface area (Å²) in [6.07, 6.45) is 1.38. The summed E-state index contributed by atoms with van der Waals surface area (Å²) in [5, 5.41) is 12.2. The van der Waals surface area contributed by atoms with Gasteiger partial charge >= 0.3 is 5.97 Å². The minimum Gasteiger partial charge on any atom is -0.478 e. The van der Waals surface area contributed by atoms with Gasteiger partial charge in [0.1, 0.15) is 0 Å². The Morgan fingerprint density at radius 2 is 2.00 bits per heavy atom. The number of hydrogen-bond donors (Lipinski definition) is 2. The van der Waals surface area contributed by atoms with Gasteiger partial charge in [0.05, 0.1) is 11.3 Å². The van der Waals surface area contributed by atoms with E-state index in [1.54, 1.807) is 12.1 Å². The van der Waals surface area contributed by atoms with Gasteiger partial charge in [-0.05, 0) is 36.8 Å². The Morgan fingerprint density at radius 1 is 1.30 bits per heavy atom. The first kappa shape index (κ1) is 14.7. The van der Waals surface area contributed by atoms with Crippen molar-refractivity contribution in [3.05, 3.63) is 63.9 Å². The number of hydrogen-bond acceptors (Lipinski definition) is 3. The number of carboxylic acids is 1. The lowest BCUT2D eigenvalue weighted by molar-refractivity contribution is 0.0696. The van der Waals surface area contributed by atoms with Crippen LogP contribution in [0, 0.1) is 0 Å². The van der Waals surface area contributed by atoms with Gasteiger partial charge in [-0.2, -0.15) is 0 Å². The molecule has 1 aromatic carbocycles. The summed E-state index contributed by atoms with van der Waals surface area (Å²) in [6.45, 7) is 2.67. The van der Waals surface area contributed by atoms with Crippen LogP contribution in [-0.2, 0) is 6.54 Å². The molecule has 1 heterocycles. The molecular formula is C15H15BrN2O2. The van der Waals surface area contributed by atoms with E-state index in [0.717, 1.165) is 10.2 Å². The Hall–Kier alpha value is -1.72. The highest BCUT2D eigenvalue weighted by atomic mass is 79.9. The molecule has 5 heteroatoms. The van der Waals surface area contributed by atoms with Gasteiger partial charge in [0.25, 0.3) is 0 Å². The fraction of sp³-hybridized carbons (Fsp3) is 0.200. The SMILES string of the molecule is CC(NCc1ccc(C(=O)O)cn1)c1ccc(Br)cc1. The molecule has 104 valence electrons. The largest absolute Gasteiger partial charge is 0.478 e. The molecule has 0 saturated carbocycles. The van der Waals surface area contributed by atoms with Crippen LogP contribution in [0.1, 0.15) is 34.6 Å². The third kappa shape index (κ3) is 3.88. The number of nitrogens with one attached hydrogen (secondary N) is 1. The smallest absolute Gasteiger partial charge is 0.337 e. The van der Waals surface area contributed by atoms with Crippen LogP contribution in [0.3, 0.4) is 0 Å². The summed E-state index contributed by atoms with van der Waals surface area (Å²) < 4.78 is 1.05. The monoisotopic (exact) mass is 334 g/mol. The van der Waals surface area contributed by atoms with E-state index in [1.807, 2.05) is 12.1 Å². The molecule has 2 N–H and O–H groups in total. The highest BCUT2D eigenvalue weighted by Crippen LogP contribution is 2.16. The number of benzene rings is 1. The molecule has 2 aromatic rings. The van der Waals surface area contributed by atoms with E-state index in [9.17, 15) is 4.79 Å². The van der Waals surface area contributed by atoms with Crippen molar-refractivity contribution in [2.75, 3.05) is 0 Å². The van der Waals surface area contributed by atoms with Gasteiger partial charge in [0, 0.05) is 23.3 Å². The van der Waals surface area contributed by atoms with Gasteiger partial charge in [-0.3, -0.25) is 4.98 Å². The molecule has 0 aliphatic rings. The lowest BCUT2D eigenvalue weighted by Gasteiger charge is -2.14. The van der Waals surface area contributed by atoms with E-state index in [1.165, 1.54) is 11.8 Å². The average molecular weight is 335 g/mol. The number of aromatic nitrogens is 1. The van der Waals surface area contributed by atoms with Crippen molar-refractivity contribution in [2.24, 2.45) is 0 Å². The van der Waals surface area contributed by atoms with E-state index < -0.39 is 5.97 Å². The number of rotatable bonds is 5. The predicted molar refractivity (Wildman–Crippen MR) is 80.6 cm³/mol. The molecule has 0 bridgehead atoms. The molecule has 0 fully saturated rings. The van der Waals surface area contributed by atoms with Crippen molar-refractivity contribution < 1.29 is 9.90 Å². The fourth-order valence-corrected chi connectivity index (χ4v) is 2.05. The molecule has 1 unspecified atom stereocenters. The number of pyridine rings is 1. The Bertz CT molecular complexity index is 582. The first-order chi connectivity index (χ1) is 9.56. The molecule has 4 nitrogen and oxygen atoms in total. The zero-order chi connectivity index (χ0) is 14.5. The third-order valence-corrected chi connectivity index (χ3v) is 3.56. The maximum atomic E-state index is 10.7. The summed E-state index contributed by atoms with van der Waals surface area (Å²) in [6, 6.07) is 11.6. The van der Waals surface area contributed by atoms with Crippen molar-refractivity contribution in [2.45, 2.75) is 19.5 Å². The van der Waals surface area contributed by atoms with E-state index in [-0.39, 0.29) is 11.6 Å². The second kappa shape index (κ2) is 6.63. The van der Waals surface area contributed by atoms with Crippen LogP contribution < -0.4 is 5.32 Å². The van der Waals surface area contributed by atoms with Crippen molar-refractivity contribution in [1.29, 1.82) is 0 Å². The van der Waals surface area contributed by atoms with Crippen LogP contribution in [0.15, 0.2) is 47.1 Å². The van der Waals surface area contributed by atoms with Crippen LogP contribution in [0.4, 0.5) is 0 Å². The van der Waals surface area contributed by atoms with Crippen molar-refractivity contribution in [1.82, 2.24) is 10.3 Å². The van der Waals surface area contributed by atoms with Gasteiger partial charge < -0.3 is 10.4 Å². The molecule has 1 aromatic heterocycles. The molecule has 0 saturated heterocycles. The summed E-state index contributed by atoms with van der Waals surface area (Å²) in [5.41, 5.74) is 2.21. The maximum absolute atomic E-state index is 10.7. The minimum absolute atomic E-state index is 0.198. The normalized spacial score (nSPS) is 12.1. The van der Waals surface area contributed by atoms with E-state index in [2.05, 4.69) is 45.3 Å². The molecule has 0 aliphatic heterocycles. The molecule has 1 atom stereocenters. The van der Waals surface area contributed by atoms with E-state index in [0.29, 0.717) is 6.54 Å². The van der Waals surface area contributed by atoms with Crippen LogP contribution in [-0.4, -0.2) is 16.1 Å². The summed E-state index contributed by atoms with van der Waals surface area (Å²) in [4.78, 5) is 14.9. The van der Waals surface area contributed by atoms with Crippen LogP contribution in [0.2, 0.25) is 0 Å². The van der Waals surface area contributed by atoms with E-state index >= 15 is 0 Å². The first-order valence-electron chi connectivity index (χ1n) is 6.23. The predicted octanol–water partition coefficient (Wildman–Crippen LogP) is 3.39. The lowest BCUT2D eigenvalue weighted by atomic mass is 10.1. The zero-order valence-electron chi connectivity index (χ0n) is 11.0. The summed E-state index contributed by atoms with van der Waals surface area (Å²) in [5.74, 6) is -0.958. The van der Waals surface area contributed by atoms with Crippen LogP contribution in [0.5, 0.6) is 0 Å². The van der Waals surface area contributed by atoms with Crippen LogP contribution >= 0.6 is 15.9 Å². The first-order valence-corrected chi connectivity index (χ1v) is 7.02. The van der Waals surface area contributed by atoms with Crippen molar-refractivity contribution in [3.63, 3.8) is 0 Å². The van der Waals surface area contributed by atoms with Crippen molar-refractivity contribution >= 4 is 21.9 Å². The average Bonchev–Trinajstić information content (AvgIpc) is 2.46. The number of aromatic carboxylic acids is 1. The molecule has 0 aliphatic carbocycles. The third-order valence-electron chi connectivity index (χ3n) is 3.03. The second-order valence-corrected chi connectivity index (χ2v) is 5.41. The fourth-order valence-electron chi connectivity index (χ4n) is 1.78. The number of carboxylic acid groups (broad SMARTS) is 1. The summed E-state index contributed by atoms with van der Waals surface area (Å²) in [7, 11) is 0. The molecule has 20 heavy (non-hydrogen) atoms. The van der Waals surface area contributed by atoms with E-state index in [4.69, 9.17) is 5.11 Å². The zero-order valence-corrected chi connectivity index (χ0v) is 12.6. The summed E-state index contributed by atoms with van der Waals surface area (Å²) >= 11 is 3.41. The van der Waals surface area contributed by atoms with Gasteiger partial charge in [0.15, 0.2) is 0 Å². The second-order valence-electron chi connectivity index (χ2n) is 4.50. The number of carbonyl (C=O) groups is 1. The minimum atomic E-state index is -0.958. The maximum Gasteiger partial charge on any atom is 0.337 e. The lowest BCUT2D eigenvalue weighted by Crippen LogP contribution is -2.18. The quantitative estimate of drug-likeness (QED) is 0.879. The van der Waals surface area contributed by atoms with Gasteiger partial charge in [-0.1, -0.05) is 28.1 Å². The van der Waals surface area contributed by atoms with Gasteiger partial charge in [0.2, 0.25) is 0 Å². The standard InChI is InChI=1S/C15H15BrN2O2/c1-10(11-2-5-13(16)6-3-11)17-9-14-7-4-12(8-18-14)15(19)20/h2-8,10,17H,9H2,1H3,(H,19,20). The molecule has 0 radical (unpaired) electrons. The number of nitrogens with zero attached hydrogens (tertiary/aromatic N) is 1. The Labute approximate surface area is 126 Å². The molecular weight excluding hydrogens is 320 g/mol. The van der Waals surface area contributed by atoms with Crippen molar-refractivity contribution in [3.8, 4) is 0 Å². The van der Waals surface area contributed by atoms with Crippen LogP contribution in [0.25, 0.3) is 0 Å². The Balaban J connectivity index is 1.94. The Kier molecular flexibility index (Phi) is 4.87. The Morgan fingerprint density at radius 3 is 2.55 bits per heavy atom. The van der Waals surface area contributed by atoms with Gasteiger partial charge in [-0.15, -0.1) is 0 Å². The highest BCUT2D eigenvalue weighted by molar-refractivity contribution is 9.10. The molecule has 0 amide bonds. The molecule has 2 rings (SSSR count). The highest BCUT2D eigenvalue weighted by Gasteiger charge is 2.06.